The van der Waals surface area contributed by atoms with Gasteiger partial charge in [0.15, 0.2) is 11.5 Å². The lowest BCUT2D eigenvalue weighted by Gasteiger charge is -2.20. The summed E-state index contributed by atoms with van der Waals surface area (Å²) in [6.45, 7) is 1.86. The zero-order valence-corrected chi connectivity index (χ0v) is 12.5. The third-order valence-corrected chi connectivity index (χ3v) is 4.00. The third-order valence-electron chi connectivity index (χ3n) is 4.00. The van der Waals surface area contributed by atoms with Gasteiger partial charge in [0.25, 0.3) is 5.56 Å². The lowest BCUT2D eigenvalue weighted by atomic mass is 10.2. The Bertz CT molecular complexity index is 850. The van der Waals surface area contributed by atoms with Crippen LogP contribution in [0.1, 0.15) is 12.8 Å². The molecule has 1 N–H and O–H groups in total. The van der Waals surface area contributed by atoms with Crippen LogP contribution in [0.3, 0.4) is 0 Å². The van der Waals surface area contributed by atoms with Gasteiger partial charge in [-0.1, -0.05) is 18.2 Å². The smallest absolute Gasteiger partial charge is 0.273 e. The molecule has 0 atom stereocenters. The van der Waals surface area contributed by atoms with Crippen LogP contribution in [0.15, 0.2) is 47.5 Å². The molecule has 23 heavy (non-hydrogen) atoms. The van der Waals surface area contributed by atoms with E-state index < -0.39 is 0 Å². The van der Waals surface area contributed by atoms with Crippen molar-refractivity contribution in [2.75, 3.05) is 18.0 Å². The Kier molecular flexibility index (Phi) is 3.38. The first kappa shape index (κ1) is 13.7. The molecule has 1 fully saturated rings. The van der Waals surface area contributed by atoms with Gasteiger partial charge in [-0.3, -0.25) is 9.89 Å². The number of aromatic nitrogens is 5. The summed E-state index contributed by atoms with van der Waals surface area (Å²) in [4.78, 5) is 18.9. The number of nitrogens with one attached hydrogen (secondary N) is 1. The maximum atomic E-state index is 12.5. The van der Waals surface area contributed by atoms with E-state index in [-0.39, 0.29) is 5.56 Å². The Morgan fingerprint density at radius 2 is 1.87 bits per heavy atom. The van der Waals surface area contributed by atoms with Crippen molar-refractivity contribution in [1.29, 1.82) is 0 Å². The van der Waals surface area contributed by atoms with Crippen LogP contribution in [0, 0.1) is 0 Å². The van der Waals surface area contributed by atoms with Crippen molar-refractivity contribution >= 4 is 5.69 Å². The van der Waals surface area contributed by atoms with Gasteiger partial charge in [0.1, 0.15) is 6.33 Å². The number of para-hydroxylation sites is 1. The van der Waals surface area contributed by atoms with E-state index in [1.807, 2.05) is 30.3 Å². The molecular formula is C16H16N6O. The highest BCUT2D eigenvalue weighted by Gasteiger charge is 2.21. The number of aromatic amines is 1. The average Bonchev–Trinajstić information content (AvgIpc) is 3.29. The largest absolute Gasteiger partial charge is 0.369 e. The van der Waals surface area contributed by atoms with Gasteiger partial charge in [-0.25, -0.2) is 4.98 Å². The predicted molar refractivity (Wildman–Crippen MR) is 86.7 cm³/mol. The SMILES string of the molecule is O=c1cc(N2CCCC2)c(-c2ncn[nH]2)nn1-c1ccccc1. The van der Waals surface area contributed by atoms with E-state index in [0.717, 1.165) is 37.3 Å². The number of H-pyrrole nitrogens is 1. The van der Waals surface area contributed by atoms with Crippen molar-refractivity contribution in [2.45, 2.75) is 12.8 Å². The number of nitrogens with zero attached hydrogens (tertiary/aromatic N) is 5. The third kappa shape index (κ3) is 2.50. The molecule has 0 amide bonds. The molecular weight excluding hydrogens is 292 g/mol. The van der Waals surface area contributed by atoms with Crippen LogP contribution in [0.4, 0.5) is 5.69 Å². The van der Waals surface area contributed by atoms with Crippen molar-refractivity contribution in [2.24, 2.45) is 0 Å². The number of rotatable bonds is 3. The Morgan fingerprint density at radius 3 is 2.57 bits per heavy atom. The quantitative estimate of drug-likeness (QED) is 0.795. The molecule has 7 heteroatoms. The molecule has 7 nitrogen and oxygen atoms in total. The first-order chi connectivity index (χ1) is 11.3. The Balaban J connectivity index is 1.91. The van der Waals surface area contributed by atoms with Crippen LogP contribution < -0.4 is 10.5 Å². The fourth-order valence-electron chi connectivity index (χ4n) is 2.89. The van der Waals surface area contributed by atoms with Gasteiger partial charge < -0.3 is 4.90 Å². The van der Waals surface area contributed by atoms with Crippen LogP contribution in [0.5, 0.6) is 0 Å². The van der Waals surface area contributed by atoms with Gasteiger partial charge in [0.2, 0.25) is 0 Å². The van der Waals surface area contributed by atoms with Gasteiger partial charge in [-0.2, -0.15) is 14.9 Å². The molecule has 0 aliphatic carbocycles. The molecule has 3 aromatic rings. The van der Waals surface area contributed by atoms with E-state index in [1.165, 1.54) is 11.0 Å². The lowest BCUT2D eigenvalue weighted by Crippen LogP contribution is -2.27. The maximum Gasteiger partial charge on any atom is 0.273 e. The van der Waals surface area contributed by atoms with Crippen LogP contribution in [-0.4, -0.2) is 38.1 Å². The second kappa shape index (κ2) is 5.68. The number of hydrogen-bond donors (Lipinski definition) is 1. The molecule has 4 rings (SSSR count). The highest BCUT2D eigenvalue weighted by molar-refractivity contribution is 5.70. The number of anilines is 1. The van der Waals surface area contributed by atoms with Crippen molar-refractivity contribution in [3.63, 3.8) is 0 Å². The van der Waals surface area contributed by atoms with Gasteiger partial charge in [0.05, 0.1) is 11.4 Å². The minimum atomic E-state index is -0.152. The van der Waals surface area contributed by atoms with Crippen LogP contribution in [0.2, 0.25) is 0 Å². The van der Waals surface area contributed by atoms with Crippen LogP contribution in [0.25, 0.3) is 17.2 Å². The van der Waals surface area contributed by atoms with Crippen molar-refractivity contribution < 1.29 is 0 Å². The summed E-state index contributed by atoms with van der Waals surface area (Å²) < 4.78 is 1.40. The fraction of sp³-hybridized carbons (Fsp3) is 0.250. The first-order valence-corrected chi connectivity index (χ1v) is 7.63. The number of hydrogen-bond acceptors (Lipinski definition) is 5. The van der Waals surface area contributed by atoms with Gasteiger partial charge in [-0.15, -0.1) is 0 Å². The van der Waals surface area contributed by atoms with E-state index in [4.69, 9.17) is 0 Å². The summed E-state index contributed by atoms with van der Waals surface area (Å²) in [5.74, 6) is 0.566. The monoisotopic (exact) mass is 308 g/mol. The van der Waals surface area contributed by atoms with Crippen LogP contribution in [-0.2, 0) is 0 Å². The molecule has 1 aliphatic rings. The summed E-state index contributed by atoms with van der Waals surface area (Å²) in [6.07, 6.45) is 3.69. The van der Waals surface area contributed by atoms with E-state index in [2.05, 4.69) is 25.2 Å². The normalized spacial score (nSPS) is 14.3. The minimum absolute atomic E-state index is 0.152. The van der Waals surface area contributed by atoms with E-state index in [1.54, 1.807) is 6.07 Å². The predicted octanol–water partition coefficient (Wildman–Crippen LogP) is 1.62. The Labute approximate surface area is 132 Å². The summed E-state index contributed by atoms with van der Waals surface area (Å²) in [5.41, 5.74) is 2.04. The van der Waals surface area contributed by atoms with E-state index in [9.17, 15) is 4.79 Å². The van der Waals surface area contributed by atoms with Crippen molar-refractivity contribution in [1.82, 2.24) is 25.0 Å². The molecule has 1 aromatic carbocycles. The zero-order valence-electron chi connectivity index (χ0n) is 12.5. The second-order valence-corrected chi connectivity index (χ2v) is 5.49. The van der Waals surface area contributed by atoms with Crippen molar-refractivity contribution in [3.8, 4) is 17.2 Å². The van der Waals surface area contributed by atoms with Crippen molar-refractivity contribution in [3.05, 3.63) is 53.1 Å². The molecule has 1 aliphatic heterocycles. The highest BCUT2D eigenvalue weighted by Crippen LogP contribution is 2.27. The molecule has 0 bridgehead atoms. The molecule has 0 unspecified atom stereocenters. The molecule has 3 heterocycles. The summed E-state index contributed by atoms with van der Waals surface area (Å²) in [7, 11) is 0. The summed E-state index contributed by atoms with van der Waals surface area (Å²) in [5, 5.41) is 11.3. The van der Waals surface area contributed by atoms with Crippen LogP contribution >= 0.6 is 0 Å². The maximum absolute atomic E-state index is 12.5. The second-order valence-electron chi connectivity index (χ2n) is 5.49. The number of benzene rings is 1. The summed E-state index contributed by atoms with van der Waals surface area (Å²) in [6, 6.07) is 11.0. The fourth-order valence-corrected chi connectivity index (χ4v) is 2.89. The average molecular weight is 308 g/mol. The Hall–Kier alpha value is -2.96. The molecule has 0 radical (unpaired) electrons. The first-order valence-electron chi connectivity index (χ1n) is 7.63. The Morgan fingerprint density at radius 1 is 1.09 bits per heavy atom. The molecule has 1 saturated heterocycles. The molecule has 0 saturated carbocycles. The van der Waals surface area contributed by atoms with E-state index >= 15 is 0 Å². The zero-order chi connectivity index (χ0) is 15.6. The van der Waals surface area contributed by atoms with Gasteiger partial charge >= 0.3 is 0 Å². The topological polar surface area (TPSA) is 79.7 Å². The molecule has 0 spiro atoms. The molecule has 2 aromatic heterocycles. The summed E-state index contributed by atoms with van der Waals surface area (Å²) >= 11 is 0. The highest BCUT2D eigenvalue weighted by atomic mass is 16.1. The standard InChI is InChI=1S/C16H16N6O/c23-14-10-13(21-8-4-5-9-21)15(16-17-11-18-19-16)20-22(14)12-6-2-1-3-7-12/h1-3,6-7,10-11H,4-5,8-9H2,(H,17,18,19). The van der Waals surface area contributed by atoms with Gasteiger partial charge in [0, 0.05) is 19.2 Å². The van der Waals surface area contributed by atoms with Gasteiger partial charge in [-0.05, 0) is 25.0 Å². The molecule has 116 valence electrons. The lowest BCUT2D eigenvalue weighted by molar-refractivity contribution is 0.799. The minimum Gasteiger partial charge on any atom is -0.369 e. The van der Waals surface area contributed by atoms with E-state index in [0.29, 0.717) is 11.5 Å².